The minimum Gasteiger partial charge on any atom is -0.313 e. The molecule has 2 nitrogen and oxygen atoms in total. The zero-order valence-corrected chi connectivity index (χ0v) is 8.71. The molecule has 0 saturated carbocycles. The van der Waals surface area contributed by atoms with Gasteiger partial charge in [-0.2, -0.15) is 0 Å². The second-order valence-electron chi connectivity index (χ2n) is 2.89. The van der Waals surface area contributed by atoms with E-state index in [0.29, 0.717) is 0 Å². The summed E-state index contributed by atoms with van der Waals surface area (Å²) in [6.07, 6.45) is 1.89. The Hall–Kier alpha value is -1.09. The van der Waals surface area contributed by atoms with E-state index in [2.05, 4.69) is 15.9 Å². The lowest BCUT2D eigenvalue weighted by molar-refractivity contribution is 0.101. The maximum Gasteiger partial charge on any atom is 0.176 e. The summed E-state index contributed by atoms with van der Waals surface area (Å²) < 4.78 is 2.88. The van der Waals surface area contributed by atoms with Crippen LogP contribution in [0.15, 0.2) is 34.9 Å². The Labute approximate surface area is 84.3 Å². The van der Waals surface area contributed by atoms with E-state index in [1.54, 1.807) is 6.92 Å². The van der Waals surface area contributed by atoms with E-state index < -0.39 is 0 Å². The number of aromatic nitrogens is 1. The van der Waals surface area contributed by atoms with Crippen LogP contribution in [0.4, 0.5) is 0 Å². The molecule has 2 aromatic rings. The van der Waals surface area contributed by atoms with Crippen LogP contribution in [0.5, 0.6) is 0 Å². The lowest BCUT2D eigenvalue weighted by Gasteiger charge is -1.99. The van der Waals surface area contributed by atoms with Gasteiger partial charge in [-0.05, 0) is 40.2 Å². The molecule has 3 heteroatoms. The zero-order valence-electron chi connectivity index (χ0n) is 7.12. The molecule has 0 aliphatic heterocycles. The van der Waals surface area contributed by atoms with Gasteiger partial charge in [-0.15, -0.1) is 0 Å². The van der Waals surface area contributed by atoms with Gasteiger partial charge in [-0.1, -0.05) is 0 Å². The van der Waals surface area contributed by atoms with E-state index in [9.17, 15) is 4.79 Å². The van der Waals surface area contributed by atoms with Crippen LogP contribution in [-0.2, 0) is 0 Å². The molecule has 2 aromatic heterocycles. The number of hydrogen-bond acceptors (Lipinski definition) is 1. The highest BCUT2D eigenvalue weighted by atomic mass is 79.9. The summed E-state index contributed by atoms with van der Waals surface area (Å²) in [5, 5.41) is 0. The molecule has 0 atom stereocenters. The van der Waals surface area contributed by atoms with Gasteiger partial charge in [0, 0.05) is 17.6 Å². The molecule has 0 bridgehead atoms. The smallest absolute Gasteiger partial charge is 0.176 e. The molecular formula is C10H8BrNO. The largest absolute Gasteiger partial charge is 0.313 e. The average molecular weight is 238 g/mol. The van der Waals surface area contributed by atoms with E-state index in [0.717, 1.165) is 15.7 Å². The van der Waals surface area contributed by atoms with Crippen LogP contribution in [0.3, 0.4) is 0 Å². The minimum absolute atomic E-state index is 0.0816. The van der Waals surface area contributed by atoms with Crippen molar-refractivity contribution in [2.45, 2.75) is 6.92 Å². The molecule has 0 aliphatic carbocycles. The number of fused-ring (bicyclic) bond motifs is 1. The van der Waals surface area contributed by atoms with Gasteiger partial charge in [0.05, 0.1) is 11.2 Å². The van der Waals surface area contributed by atoms with Gasteiger partial charge >= 0.3 is 0 Å². The van der Waals surface area contributed by atoms with E-state index in [1.807, 2.05) is 34.9 Å². The fourth-order valence-corrected chi connectivity index (χ4v) is 1.87. The predicted molar refractivity (Wildman–Crippen MR) is 55.1 cm³/mol. The first-order valence-electron chi connectivity index (χ1n) is 3.96. The van der Waals surface area contributed by atoms with Crippen molar-refractivity contribution in [3.8, 4) is 0 Å². The van der Waals surface area contributed by atoms with Crippen molar-refractivity contribution >= 4 is 27.2 Å². The maximum atomic E-state index is 11.2. The Kier molecular flexibility index (Phi) is 1.96. The number of carbonyl (C=O) groups is 1. The third-order valence-electron chi connectivity index (χ3n) is 2.00. The second-order valence-corrected chi connectivity index (χ2v) is 3.74. The summed E-state index contributed by atoms with van der Waals surface area (Å²) in [6, 6.07) is 7.63. The highest BCUT2D eigenvalue weighted by Crippen LogP contribution is 2.20. The van der Waals surface area contributed by atoms with Gasteiger partial charge in [-0.3, -0.25) is 4.79 Å². The van der Waals surface area contributed by atoms with Crippen LogP contribution >= 0.6 is 15.9 Å². The second kappa shape index (κ2) is 3.00. The Morgan fingerprint density at radius 3 is 2.85 bits per heavy atom. The summed E-state index contributed by atoms with van der Waals surface area (Å²) in [5.74, 6) is 0.0816. The van der Waals surface area contributed by atoms with Gasteiger partial charge < -0.3 is 4.40 Å². The molecule has 66 valence electrons. The number of Topliss-reactive ketones (excluding diaryl/α,β-unsaturated/α-hetero) is 1. The Morgan fingerprint density at radius 2 is 2.15 bits per heavy atom. The molecule has 2 rings (SSSR count). The molecule has 0 fully saturated rings. The SMILES string of the molecule is CC(=O)c1ccc2c(Br)cccn12. The fraction of sp³-hybridized carbons (Fsp3) is 0.100. The van der Waals surface area contributed by atoms with Crippen molar-refractivity contribution in [1.82, 2.24) is 4.40 Å². The highest BCUT2D eigenvalue weighted by molar-refractivity contribution is 9.10. The van der Waals surface area contributed by atoms with Crippen molar-refractivity contribution < 1.29 is 4.79 Å². The van der Waals surface area contributed by atoms with Gasteiger partial charge in [0.15, 0.2) is 5.78 Å². The summed E-state index contributed by atoms with van der Waals surface area (Å²) in [4.78, 5) is 11.2. The predicted octanol–water partition coefficient (Wildman–Crippen LogP) is 2.90. The number of nitrogens with zero attached hydrogens (tertiary/aromatic N) is 1. The molecule has 0 amide bonds. The molecule has 0 aliphatic rings. The van der Waals surface area contributed by atoms with Crippen LogP contribution in [0.1, 0.15) is 17.4 Å². The number of hydrogen-bond donors (Lipinski definition) is 0. The number of pyridine rings is 1. The summed E-state index contributed by atoms with van der Waals surface area (Å²) in [7, 11) is 0. The molecule has 0 spiro atoms. The lowest BCUT2D eigenvalue weighted by Crippen LogP contribution is -1.97. The topological polar surface area (TPSA) is 21.5 Å². The van der Waals surface area contributed by atoms with Crippen LogP contribution in [0.25, 0.3) is 5.52 Å². The Morgan fingerprint density at radius 1 is 1.38 bits per heavy atom. The van der Waals surface area contributed by atoms with Gasteiger partial charge in [0.1, 0.15) is 0 Å². The van der Waals surface area contributed by atoms with Crippen LogP contribution < -0.4 is 0 Å². The highest BCUT2D eigenvalue weighted by Gasteiger charge is 2.06. The monoisotopic (exact) mass is 237 g/mol. The van der Waals surface area contributed by atoms with Crippen molar-refractivity contribution in [2.24, 2.45) is 0 Å². The standard InChI is InChI=1S/C10H8BrNO/c1-7(13)9-4-5-10-8(11)3-2-6-12(9)10/h2-6H,1H3. The summed E-state index contributed by atoms with van der Waals surface area (Å²) in [6.45, 7) is 1.57. The van der Waals surface area contributed by atoms with E-state index in [1.165, 1.54) is 0 Å². The average Bonchev–Trinajstić information content (AvgIpc) is 2.48. The first-order chi connectivity index (χ1) is 6.20. The van der Waals surface area contributed by atoms with Crippen molar-refractivity contribution in [1.29, 1.82) is 0 Å². The number of halogens is 1. The molecule has 2 heterocycles. The van der Waals surface area contributed by atoms with Crippen LogP contribution in [0.2, 0.25) is 0 Å². The minimum atomic E-state index is 0.0816. The Balaban J connectivity index is 2.83. The van der Waals surface area contributed by atoms with Crippen molar-refractivity contribution in [3.63, 3.8) is 0 Å². The van der Waals surface area contributed by atoms with Crippen LogP contribution in [0, 0.1) is 0 Å². The number of rotatable bonds is 1. The van der Waals surface area contributed by atoms with Crippen molar-refractivity contribution in [2.75, 3.05) is 0 Å². The molecule has 0 radical (unpaired) electrons. The normalized spacial score (nSPS) is 10.6. The number of carbonyl (C=O) groups excluding carboxylic acids is 1. The quantitative estimate of drug-likeness (QED) is 0.700. The van der Waals surface area contributed by atoms with E-state index in [-0.39, 0.29) is 5.78 Å². The first kappa shape index (κ1) is 8.51. The van der Waals surface area contributed by atoms with Crippen LogP contribution in [-0.4, -0.2) is 10.2 Å². The summed E-state index contributed by atoms with van der Waals surface area (Å²) in [5.41, 5.74) is 1.74. The number of ketones is 1. The third kappa shape index (κ3) is 1.29. The molecule has 0 unspecified atom stereocenters. The Bertz CT molecular complexity index is 473. The van der Waals surface area contributed by atoms with Gasteiger partial charge in [0.25, 0.3) is 0 Å². The molecule has 0 aromatic carbocycles. The molecule has 13 heavy (non-hydrogen) atoms. The van der Waals surface area contributed by atoms with Crippen molar-refractivity contribution in [3.05, 3.63) is 40.6 Å². The lowest BCUT2D eigenvalue weighted by atomic mass is 10.3. The van der Waals surface area contributed by atoms with E-state index >= 15 is 0 Å². The van der Waals surface area contributed by atoms with E-state index in [4.69, 9.17) is 0 Å². The zero-order chi connectivity index (χ0) is 9.42. The molecule has 0 saturated heterocycles. The third-order valence-corrected chi connectivity index (χ3v) is 2.67. The molecular weight excluding hydrogens is 230 g/mol. The van der Waals surface area contributed by atoms with Gasteiger partial charge in [0.2, 0.25) is 0 Å². The first-order valence-corrected chi connectivity index (χ1v) is 4.76. The summed E-state index contributed by atoms with van der Waals surface area (Å²) >= 11 is 3.43. The van der Waals surface area contributed by atoms with Gasteiger partial charge in [-0.25, -0.2) is 0 Å². The molecule has 0 N–H and O–H groups in total. The maximum absolute atomic E-state index is 11.2. The fourth-order valence-electron chi connectivity index (χ4n) is 1.39.